The number of phenols is 1. The highest BCUT2D eigenvalue weighted by Crippen LogP contribution is 2.52. The number of nitrogens with zero attached hydrogens (tertiary/aromatic N) is 9. The quantitative estimate of drug-likeness (QED) is 0.0929. The lowest BCUT2D eigenvalue weighted by Crippen LogP contribution is -2.56. The van der Waals surface area contributed by atoms with E-state index >= 15 is 8.78 Å². The number of aromatic nitrogens is 5. The highest BCUT2D eigenvalue weighted by Gasteiger charge is 2.52. The molecule has 6 saturated heterocycles. The summed E-state index contributed by atoms with van der Waals surface area (Å²) >= 11 is 0. The van der Waals surface area contributed by atoms with Gasteiger partial charge in [-0.1, -0.05) is 19.1 Å². The fourth-order valence-electron chi connectivity index (χ4n) is 15.2. The zero-order valence-electron chi connectivity index (χ0n) is 45.8. The van der Waals surface area contributed by atoms with Crippen LogP contribution < -0.4 is 20.6 Å². The first kappa shape index (κ1) is 53.4. The standard InChI is InChI=1S/C60H68F4N10O7/c1-3-41-44(61)8-6-37-26-40(75)28-42(49(37)41)51-50(62)52-43(31-65-51)53(72-20-5-16-60(63,64)33-72)68-55(67-52)81-34-59-15-4-21-73(59)38(12-17-59)32-80-57(79)71-24-18-58(19-25-71)29-39(30-58)70-22-13-35(14-23-70)36-7-9-45-47(27-36)69(2)56(78)74(45)46-10-11-48(76)66-54(46)77/h6-9,26-28,31,35,38-39,46,75H,3-5,10-25,29-30,32-34H2,1-2H3,(H,66,76,77)/t38-,46?,59-/m0/s1. The zero-order chi connectivity index (χ0) is 56.1. The van der Waals surface area contributed by atoms with E-state index in [2.05, 4.69) is 42.2 Å². The third-order valence-corrected chi connectivity index (χ3v) is 19.6. The van der Waals surface area contributed by atoms with Crippen LogP contribution in [-0.2, 0) is 27.8 Å². The maximum absolute atomic E-state index is 17.2. The van der Waals surface area contributed by atoms with Crippen LogP contribution in [0.3, 0.4) is 0 Å². The number of hydrogen-bond donors (Lipinski definition) is 2. The molecule has 0 radical (unpaired) electrons. The van der Waals surface area contributed by atoms with Crippen LogP contribution in [0.25, 0.3) is 44.0 Å². The molecular weight excluding hydrogens is 1050 g/mol. The number of carbonyl (C=O) groups excluding carboxylic acids is 3. The molecule has 428 valence electrons. The van der Waals surface area contributed by atoms with E-state index < -0.39 is 41.6 Å². The van der Waals surface area contributed by atoms with Crippen molar-refractivity contribution in [1.82, 2.24) is 44.1 Å². The van der Waals surface area contributed by atoms with Crippen LogP contribution in [0.1, 0.15) is 120 Å². The van der Waals surface area contributed by atoms with Crippen LogP contribution in [0.4, 0.5) is 28.2 Å². The molecule has 7 aliphatic rings. The summed E-state index contributed by atoms with van der Waals surface area (Å²) in [6.45, 7) is 5.85. The molecule has 6 aromatic rings. The Kier molecular flexibility index (Phi) is 13.5. The average Bonchev–Trinajstić information content (AvgIpc) is 4.22. The number of phenolic OH excluding ortho intramolecular Hbond substituents is 1. The molecule has 1 unspecified atom stereocenters. The molecule has 3 aromatic carbocycles. The molecule has 81 heavy (non-hydrogen) atoms. The predicted molar refractivity (Wildman–Crippen MR) is 295 cm³/mol. The van der Waals surface area contributed by atoms with Gasteiger partial charge < -0.3 is 29.3 Å². The number of likely N-dealkylation sites (tertiary alicyclic amines) is 2. The van der Waals surface area contributed by atoms with Gasteiger partial charge in [0.1, 0.15) is 47.9 Å². The summed E-state index contributed by atoms with van der Waals surface area (Å²) < 4.78 is 78.0. The van der Waals surface area contributed by atoms with Crippen molar-refractivity contribution in [2.75, 3.05) is 63.9 Å². The van der Waals surface area contributed by atoms with Gasteiger partial charge in [0.2, 0.25) is 11.8 Å². The van der Waals surface area contributed by atoms with Crippen molar-refractivity contribution in [2.45, 2.75) is 139 Å². The summed E-state index contributed by atoms with van der Waals surface area (Å²) in [5.74, 6) is -4.84. The minimum Gasteiger partial charge on any atom is -0.508 e. The van der Waals surface area contributed by atoms with Gasteiger partial charge in [-0.2, -0.15) is 9.97 Å². The normalized spacial score (nSPS) is 24.6. The molecule has 3 aromatic heterocycles. The van der Waals surface area contributed by atoms with Crippen LogP contribution in [0.2, 0.25) is 0 Å². The van der Waals surface area contributed by atoms with Crippen molar-refractivity contribution in [3.8, 4) is 23.0 Å². The molecule has 13 rings (SSSR count). The Bertz CT molecular complexity index is 3570. The van der Waals surface area contributed by atoms with Gasteiger partial charge in [0.25, 0.3) is 5.92 Å². The summed E-state index contributed by atoms with van der Waals surface area (Å²) in [5, 5.41) is 14.1. The highest BCUT2D eigenvalue weighted by atomic mass is 19.3. The van der Waals surface area contributed by atoms with Crippen molar-refractivity contribution >= 4 is 56.4 Å². The molecule has 2 N–H and O–H groups in total. The molecule has 9 heterocycles. The summed E-state index contributed by atoms with van der Waals surface area (Å²) in [5.41, 5.74) is 2.33. The lowest BCUT2D eigenvalue weighted by Gasteiger charge is -2.56. The number of alkyl halides is 2. The number of benzene rings is 3. The minimum atomic E-state index is -3.00. The topological polar surface area (TPSA) is 180 Å². The van der Waals surface area contributed by atoms with Crippen molar-refractivity contribution in [3.63, 3.8) is 0 Å². The van der Waals surface area contributed by atoms with Crippen molar-refractivity contribution in [2.24, 2.45) is 12.5 Å². The third-order valence-electron chi connectivity index (χ3n) is 19.6. The molecule has 7 fully saturated rings. The number of piperidine rings is 4. The minimum absolute atomic E-state index is 0.0407. The van der Waals surface area contributed by atoms with E-state index in [1.807, 2.05) is 11.0 Å². The Hall–Kier alpha value is -6.87. The van der Waals surface area contributed by atoms with E-state index in [9.17, 15) is 33.1 Å². The fraction of sp³-hybridized carbons (Fsp3) is 0.550. The van der Waals surface area contributed by atoms with Crippen molar-refractivity contribution < 1.29 is 46.5 Å². The number of ether oxygens (including phenoxy) is 2. The molecule has 17 nitrogen and oxygen atoms in total. The summed E-state index contributed by atoms with van der Waals surface area (Å²) in [7, 11) is 1.73. The number of fused-ring (bicyclic) bond motifs is 4. The maximum atomic E-state index is 17.2. The Balaban J connectivity index is 0.624. The molecular formula is C60H68F4N10O7. The number of rotatable bonds is 11. The van der Waals surface area contributed by atoms with Gasteiger partial charge >= 0.3 is 17.8 Å². The molecule has 1 saturated carbocycles. The summed E-state index contributed by atoms with van der Waals surface area (Å²) in [6, 6.07) is 11.4. The monoisotopic (exact) mass is 1120 g/mol. The molecule has 1 aliphatic carbocycles. The number of aromatic hydroxyl groups is 1. The molecule has 21 heteroatoms. The zero-order valence-corrected chi connectivity index (χ0v) is 45.8. The first-order chi connectivity index (χ1) is 39.0. The number of nitrogens with one attached hydrogen (secondary N) is 1. The number of halogens is 4. The second-order valence-corrected chi connectivity index (χ2v) is 24.2. The number of imide groups is 1. The predicted octanol–water partition coefficient (Wildman–Crippen LogP) is 8.89. The smallest absolute Gasteiger partial charge is 0.409 e. The Morgan fingerprint density at radius 2 is 1.67 bits per heavy atom. The van der Waals surface area contributed by atoms with Gasteiger partial charge in [0.15, 0.2) is 5.82 Å². The Morgan fingerprint density at radius 1 is 0.877 bits per heavy atom. The van der Waals surface area contributed by atoms with Crippen LogP contribution in [0.15, 0.2) is 53.5 Å². The number of aryl methyl sites for hydroxylation is 2. The van der Waals surface area contributed by atoms with Gasteiger partial charge in [-0.15, -0.1) is 0 Å². The second-order valence-electron chi connectivity index (χ2n) is 24.2. The molecule has 3 atom stereocenters. The maximum Gasteiger partial charge on any atom is 0.409 e. The molecule has 6 aliphatic heterocycles. The van der Waals surface area contributed by atoms with E-state index in [-0.39, 0.29) is 108 Å². The van der Waals surface area contributed by atoms with Gasteiger partial charge in [-0.25, -0.2) is 27.2 Å². The number of pyridine rings is 1. The van der Waals surface area contributed by atoms with E-state index in [4.69, 9.17) is 9.47 Å². The van der Waals surface area contributed by atoms with E-state index in [0.29, 0.717) is 59.7 Å². The van der Waals surface area contributed by atoms with Crippen LogP contribution in [0.5, 0.6) is 11.8 Å². The highest BCUT2D eigenvalue weighted by molar-refractivity contribution is 6.02. The van der Waals surface area contributed by atoms with Gasteiger partial charge in [-0.3, -0.25) is 33.9 Å². The lowest BCUT2D eigenvalue weighted by molar-refractivity contribution is -0.135. The largest absolute Gasteiger partial charge is 0.508 e. The number of carbonyl (C=O) groups is 3. The van der Waals surface area contributed by atoms with Crippen molar-refractivity contribution in [1.29, 1.82) is 0 Å². The first-order valence-electron chi connectivity index (χ1n) is 29.0. The van der Waals surface area contributed by atoms with Gasteiger partial charge in [0, 0.05) is 63.4 Å². The van der Waals surface area contributed by atoms with Gasteiger partial charge in [0.05, 0.1) is 28.5 Å². The van der Waals surface area contributed by atoms with Crippen LogP contribution >= 0.6 is 0 Å². The molecule has 3 amide bonds. The molecule has 1 spiro atoms. The number of amides is 3. The third kappa shape index (κ3) is 9.52. The Labute approximate surface area is 465 Å². The fourth-order valence-corrected chi connectivity index (χ4v) is 15.2. The number of imidazole rings is 1. The second kappa shape index (κ2) is 20.5. The number of anilines is 1. The Morgan fingerprint density at radius 3 is 2.43 bits per heavy atom. The van der Waals surface area contributed by atoms with Gasteiger partial charge in [-0.05, 0) is 167 Å². The van der Waals surface area contributed by atoms with Crippen LogP contribution in [0, 0.1) is 17.0 Å². The molecule has 0 bridgehead atoms. The number of hydrogen-bond acceptors (Lipinski definition) is 13. The van der Waals surface area contributed by atoms with E-state index in [1.165, 1.54) is 45.5 Å². The van der Waals surface area contributed by atoms with E-state index in [0.717, 1.165) is 89.4 Å². The lowest BCUT2D eigenvalue weighted by atomic mass is 9.59. The van der Waals surface area contributed by atoms with Crippen molar-refractivity contribution in [3.05, 3.63) is 81.9 Å². The first-order valence-corrected chi connectivity index (χ1v) is 29.0. The average molecular weight is 1120 g/mol. The SMILES string of the molecule is CCc1c(F)ccc2cc(O)cc(-c3ncc4c(N5CCCC(F)(F)C5)nc(OC[C@@]56CCCN5[C@H](COC(=O)N5CCC7(CC5)CC(N5CCC(c8ccc9c(c8)n(C)c(=O)n9C8CCC(=O)NC8=O)CC5)C7)CC6)nc4c3F)c12. The summed E-state index contributed by atoms with van der Waals surface area (Å²) in [6.07, 6.45) is 11.1. The van der Waals surface area contributed by atoms with E-state index in [1.54, 1.807) is 18.5 Å². The van der Waals surface area contributed by atoms with Crippen LogP contribution in [-0.4, -0.2) is 144 Å². The summed E-state index contributed by atoms with van der Waals surface area (Å²) in [4.78, 5) is 73.5.